The molecular formula is C10H21N3O. The molecule has 82 valence electrons. The molecule has 14 heavy (non-hydrogen) atoms. The van der Waals surface area contributed by atoms with Crippen LogP contribution in [0, 0.1) is 5.41 Å². The van der Waals surface area contributed by atoms with E-state index in [1.165, 1.54) is 0 Å². The number of likely N-dealkylation sites (tertiary alicyclic amines) is 1. The molecule has 0 aromatic rings. The summed E-state index contributed by atoms with van der Waals surface area (Å²) in [6.45, 7) is 6.30. The van der Waals surface area contributed by atoms with E-state index in [1.54, 1.807) is 7.11 Å². The molecule has 4 nitrogen and oxygen atoms in total. The summed E-state index contributed by atoms with van der Waals surface area (Å²) < 4.78 is 5.39. The van der Waals surface area contributed by atoms with Gasteiger partial charge in [-0.3, -0.25) is 5.41 Å². The van der Waals surface area contributed by atoms with Crippen molar-refractivity contribution in [1.29, 1.82) is 5.41 Å². The predicted molar refractivity (Wildman–Crippen MR) is 57.6 cm³/mol. The highest BCUT2D eigenvalue weighted by molar-refractivity contribution is 5.86. The summed E-state index contributed by atoms with van der Waals surface area (Å²) in [4.78, 5) is 2.39. The zero-order valence-corrected chi connectivity index (χ0v) is 9.34. The lowest BCUT2D eigenvalue weighted by atomic mass is 9.89. The van der Waals surface area contributed by atoms with Crippen molar-refractivity contribution in [2.24, 2.45) is 5.73 Å². The largest absolute Gasteiger partial charge is 0.385 e. The number of hydrogen-bond acceptors (Lipinski definition) is 3. The molecule has 0 aromatic heterocycles. The van der Waals surface area contributed by atoms with E-state index in [9.17, 15) is 0 Å². The van der Waals surface area contributed by atoms with Gasteiger partial charge in [-0.15, -0.1) is 0 Å². The predicted octanol–water partition coefficient (Wildman–Crippen LogP) is 0.812. The summed E-state index contributed by atoms with van der Waals surface area (Å²) in [6.07, 6.45) is 1.66. The Morgan fingerprint density at radius 3 is 2.21 bits per heavy atom. The fourth-order valence-corrected chi connectivity index (χ4v) is 1.99. The highest BCUT2D eigenvalue weighted by Crippen LogP contribution is 2.26. The number of methoxy groups -OCH3 is 1. The van der Waals surface area contributed by atoms with Crippen LogP contribution in [-0.2, 0) is 4.74 Å². The minimum Gasteiger partial charge on any atom is -0.385 e. The highest BCUT2D eigenvalue weighted by Gasteiger charge is 2.37. The third-order valence-corrected chi connectivity index (χ3v) is 3.22. The number of nitrogens with two attached hydrogens (primary N) is 1. The quantitative estimate of drug-likeness (QED) is 0.522. The number of nitrogens with one attached hydrogen (secondary N) is 1. The molecule has 0 bridgehead atoms. The van der Waals surface area contributed by atoms with Crippen molar-refractivity contribution < 1.29 is 4.74 Å². The molecule has 0 unspecified atom stereocenters. The van der Waals surface area contributed by atoms with Gasteiger partial charge >= 0.3 is 0 Å². The summed E-state index contributed by atoms with van der Waals surface area (Å²) in [6, 6.07) is 0.566. The van der Waals surface area contributed by atoms with Gasteiger partial charge in [-0.25, -0.2) is 0 Å². The summed E-state index contributed by atoms with van der Waals surface area (Å²) in [5.41, 5.74) is 5.08. The highest BCUT2D eigenvalue weighted by atomic mass is 16.5. The molecule has 0 radical (unpaired) electrons. The van der Waals surface area contributed by atoms with E-state index in [-0.39, 0.29) is 5.84 Å². The van der Waals surface area contributed by atoms with Crippen molar-refractivity contribution in [3.05, 3.63) is 0 Å². The minimum atomic E-state index is -0.495. The van der Waals surface area contributed by atoms with Gasteiger partial charge < -0.3 is 15.4 Å². The van der Waals surface area contributed by atoms with Crippen molar-refractivity contribution in [3.8, 4) is 0 Å². The van der Waals surface area contributed by atoms with Gasteiger partial charge in [-0.1, -0.05) is 0 Å². The van der Waals surface area contributed by atoms with Crippen LogP contribution in [0.3, 0.4) is 0 Å². The molecule has 0 atom stereocenters. The van der Waals surface area contributed by atoms with Crippen LogP contribution < -0.4 is 5.73 Å². The smallest absolute Gasteiger partial charge is 0.126 e. The first kappa shape index (κ1) is 11.5. The fourth-order valence-electron chi connectivity index (χ4n) is 1.99. The monoisotopic (exact) mass is 199 g/mol. The van der Waals surface area contributed by atoms with E-state index < -0.39 is 5.60 Å². The van der Waals surface area contributed by atoms with E-state index >= 15 is 0 Å². The number of ether oxygens (including phenoxy) is 1. The lowest BCUT2D eigenvalue weighted by molar-refractivity contribution is -0.0124. The van der Waals surface area contributed by atoms with E-state index in [0.29, 0.717) is 6.04 Å². The molecule has 0 aliphatic carbocycles. The Bertz CT molecular complexity index is 207. The maximum atomic E-state index is 7.54. The molecule has 3 N–H and O–H groups in total. The van der Waals surface area contributed by atoms with Gasteiger partial charge in [0.1, 0.15) is 11.4 Å². The Labute approximate surface area is 85.9 Å². The van der Waals surface area contributed by atoms with E-state index in [2.05, 4.69) is 18.7 Å². The standard InChI is InChI=1S/C10H21N3O/c1-8(2)13-6-4-10(14-3,5-7-13)9(11)12/h8H,4-7H2,1-3H3,(H3,11,12). The first-order valence-electron chi connectivity index (χ1n) is 5.15. The SMILES string of the molecule is COC1(C(=N)N)CCN(C(C)C)CC1. The molecule has 0 spiro atoms. The summed E-state index contributed by atoms with van der Waals surface area (Å²) in [5, 5.41) is 7.54. The zero-order valence-electron chi connectivity index (χ0n) is 9.34. The van der Waals surface area contributed by atoms with Gasteiger partial charge in [0.2, 0.25) is 0 Å². The Morgan fingerprint density at radius 1 is 1.43 bits per heavy atom. The summed E-state index contributed by atoms with van der Waals surface area (Å²) in [7, 11) is 1.65. The van der Waals surface area contributed by atoms with E-state index in [0.717, 1.165) is 25.9 Å². The third kappa shape index (κ3) is 2.07. The van der Waals surface area contributed by atoms with Gasteiger partial charge in [-0.2, -0.15) is 0 Å². The Morgan fingerprint density at radius 2 is 1.93 bits per heavy atom. The lowest BCUT2D eigenvalue weighted by Crippen LogP contribution is -2.54. The topological polar surface area (TPSA) is 62.3 Å². The van der Waals surface area contributed by atoms with E-state index in [1.807, 2.05) is 0 Å². The van der Waals surface area contributed by atoms with Crippen molar-refractivity contribution in [3.63, 3.8) is 0 Å². The number of hydrogen-bond donors (Lipinski definition) is 2. The third-order valence-electron chi connectivity index (χ3n) is 3.22. The molecule has 0 saturated carbocycles. The van der Waals surface area contributed by atoms with E-state index in [4.69, 9.17) is 15.9 Å². The van der Waals surface area contributed by atoms with Crippen LogP contribution in [0.2, 0.25) is 0 Å². The second-order valence-corrected chi connectivity index (χ2v) is 4.24. The molecule has 1 saturated heterocycles. The van der Waals surface area contributed by atoms with Crippen molar-refractivity contribution in [1.82, 2.24) is 4.90 Å². The molecule has 1 fully saturated rings. The van der Waals surface area contributed by atoms with Gasteiger partial charge in [-0.05, 0) is 26.7 Å². The van der Waals surface area contributed by atoms with Crippen LogP contribution >= 0.6 is 0 Å². The maximum Gasteiger partial charge on any atom is 0.126 e. The van der Waals surface area contributed by atoms with Gasteiger partial charge in [0.05, 0.1) is 0 Å². The second kappa shape index (κ2) is 4.28. The average molecular weight is 199 g/mol. The van der Waals surface area contributed by atoms with Crippen molar-refractivity contribution >= 4 is 5.84 Å². The molecule has 4 heteroatoms. The molecule has 1 rings (SSSR count). The van der Waals surface area contributed by atoms with Gasteiger partial charge in [0, 0.05) is 26.2 Å². The van der Waals surface area contributed by atoms with Crippen LogP contribution in [0.1, 0.15) is 26.7 Å². The number of nitrogens with zero attached hydrogens (tertiary/aromatic N) is 1. The second-order valence-electron chi connectivity index (χ2n) is 4.24. The minimum absolute atomic E-state index is 0.170. The molecule has 0 amide bonds. The summed E-state index contributed by atoms with van der Waals surface area (Å²) in [5.74, 6) is 0.170. The number of rotatable bonds is 3. The molecule has 0 aromatic carbocycles. The average Bonchev–Trinajstić information content (AvgIpc) is 2.17. The van der Waals surface area contributed by atoms with Crippen LogP contribution in [0.25, 0.3) is 0 Å². The Balaban J connectivity index is 2.59. The van der Waals surface area contributed by atoms with Crippen molar-refractivity contribution in [2.75, 3.05) is 20.2 Å². The summed E-state index contributed by atoms with van der Waals surface area (Å²) >= 11 is 0. The normalized spacial score (nSPS) is 22.6. The van der Waals surface area contributed by atoms with Crippen LogP contribution in [0.4, 0.5) is 0 Å². The van der Waals surface area contributed by atoms with Crippen LogP contribution in [0.15, 0.2) is 0 Å². The first-order valence-corrected chi connectivity index (χ1v) is 5.15. The number of amidine groups is 1. The zero-order chi connectivity index (χ0) is 10.8. The Kier molecular flexibility index (Phi) is 3.50. The van der Waals surface area contributed by atoms with Crippen LogP contribution in [-0.4, -0.2) is 42.6 Å². The first-order chi connectivity index (χ1) is 6.52. The van der Waals surface area contributed by atoms with Gasteiger partial charge in [0.15, 0.2) is 0 Å². The molecule has 1 heterocycles. The number of piperidine rings is 1. The van der Waals surface area contributed by atoms with Gasteiger partial charge in [0.25, 0.3) is 0 Å². The maximum absolute atomic E-state index is 7.54. The molecule has 1 aliphatic heterocycles. The lowest BCUT2D eigenvalue weighted by Gasteiger charge is -2.41. The van der Waals surface area contributed by atoms with Crippen molar-refractivity contribution in [2.45, 2.75) is 38.3 Å². The molecular weight excluding hydrogens is 178 g/mol. The van der Waals surface area contributed by atoms with Crippen LogP contribution in [0.5, 0.6) is 0 Å². The Hall–Kier alpha value is -0.610. The fraction of sp³-hybridized carbons (Fsp3) is 0.900. The molecule has 1 aliphatic rings.